The molecule has 24 heavy (non-hydrogen) atoms. The Kier molecular flexibility index (Phi) is 4.77. The van der Waals surface area contributed by atoms with Crippen molar-refractivity contribution in [2.45, 2.75) is 0 Å². The predicted octanol–water partition coefficient (Wildman–Crippen LogP) is 2.60. The zero-order valence-electron chi connectivity index (χ0n) is 12.1. The van der Waals surface area contributed by atoms with Gasteiger partial charge in [0.2, 0.25) is 0 Å². The number of nitrogens with one attached hydrogen (secondary N) is 2. The van der Waals surface area contributed by atoms with Gasteiger partial charge in [-0.25, -0.2) is 14.4 Å². The maximum atomic E-state index is 11.9. The monoisotopic (exact) mass is 325 g/mol. The number of aromatic carboxylic acids is 2. The molecule has 2 rings (SSSR count). The number of hydrogen-bond acceptors (Lipinski definition) is 4. The van der Waals surface area contributed by atoms with Gasteiger partial charge < -0.3 is 20.8 Å². The first-order chi connectivity index (χ1) is 11.4. The van der Waals surface area contributed by atoms with Gasteiger partial charge in [0.1, 0.15) is 0 Å². The van der Waals surface area contributed by atoms with E-state index in [1.165, 1.54) is 24.3 Å². The quantitative estimate of drug-likeness (QED) is 0.681. The van der Waals surface area contributed by atoms with Crippen LogP contribution >= 0.6 is 0 Å². The Morgan fingerprint density at radius 2 is 1.33 bits per heavy atom. The molecular weight excluding hydrogens is 314 g/mol. The molecule has 0 spiro atoms. The molecule has 8 nitrogen and oxygen atoms in total. The molecular formula is C16H11N3O5. The summed E-state index contributed by atoms with van der Waals surface area (Å²) in [6.07, 6.45) is 0. The van der Waals surface area contributed by atoms with Crippen molar-refractivity contribution in [1.82, 2.24) is 0 Å². The van der Waals surface area contributed by atoms with E-state index in [4.69, 9.17) is 15.5 Å². The third-order valence-electron chi connectivity index (χ3n) is 2.96. The van der Waals surface area contributed by atoms with E-state index in [2.05, 4.69) is 10.6 Å². The van der Waals surface area contributed by atoms with E-state index < -0.39 is 18.0 Å². The molecule has 120 valence electrons. The van der Waals surface area contributed by atoms with Gasteiger partial charge in [0.05, 0.1) is 22.8 Å². The predicted molar refractivity (Wildman–Crippen MR) is 84.2 cm³/mol. The van der Waals surface area contributed by atoms with Crippen molar-refractivity contribution in [2.75, 3.05) is 10.6 Å². The first kappa shape index (κ1) is 16.5. The van der Waals surface area contributed by atoms with Crippen LogP contribution in [0.5, 0.6) is 0 Å². The lowest BCUT2D eigenvalue weighted by Crippen LogP contribution is -2.20. The minimum atomic E-state index is -1.31. The van der Waals surface area contributed by atoms with E-state index in [1.54, 1.807) is 0 Å². The average Bonchev–Trinajstić information content (AvgIpc) is 2.55. The molecule has 8 heteroatoms. The molecule has 0 aliphatic rings. The number of benzene rings is 2. The number of hydrogen-bond donors (Lipinski definition) is 4. The number of nitriles is 1. The highest BCUT2D eigenvalue weighted by molar-refractivity contribution is 6.02. The summed E-state index contributed by atoms with van der Waals surface area (Å²) in [5.74, 6) is -2.62. The minimum Gasteiger partial charge on any atom is -0.478 e. The highest BCUT2D eigenvalue weighted by Gasteiger charge is 2.13. The fourth-order valence-electron chi connectivity index (χ4n) is 1.87. The maximum absolute atomic E-state index is 11.9. The molecule has 0 unspecified atom stereocenters. The zero-order chi connectivity index (χ0) is 17.7. The molecule has 0 radical (unpaired) electrons. The summed E-state index contributed by atoms with van der Waals surface area (Å²) in [6.45, 7) is 0. The van der Waals surface area contributed by atoms with Gasteiger partial charge in [0.15, 0.2) is 0 Å². The van der Waals surface area contributed by atoms with Gasteiger partial charge in [-0.3, -0.25) is 0 Å². The number of amides is 2. The van der Waals surface area contributed by atoms with Crippen LogP contribution in [0.3, 0.4) is 0 Å². The van der Waals surface area contributed by atoms with Crippen LogP contribution in [-0.4, -0.2) is 28.2 Å². The Bertz CT molecular complexity index is 821. The second kappa shape index (κ2) is 6.93. The van der Waals surface area contributed by atoms with Gasteiger partial charge >= 0.3 is 18.0 Å². The summed E-state index contributed by atoms with van der Waals surface area (Å²) in [5, 5.41) is 31.5. The van der Waals surface area contributed by atoms with E-state index >= 15 is 0 Å². The molecule has 0 heterocycles. The average molecular weight is 325 g/mol. The van der Waals surface area contributed by atoms with Crippen LogP contribution in [0.25, 0.3) is 0 Å². The number of carboxylic acid groups (broad SMARTS) is 2. The van der Waals surface area contributed by atoms with E-state index in [0.717, 1.165) is 18.2 Å². The van der Waals surface area contributed by atoms with Crippen LogP contribution in [-0.2, 0) is 0 Å². The summed E-state index contributed by atoms with van der Waals surface area (Å²) in [5.41, 5.74) is 0.353. The Hall–Kier alpha value is -3.86. The minimum absolute atomic E-state index is 0.0263. The third-order valence-corrected chi connectivity index (χ3v) is 2.96. The Morgan fingerprint density at radius 3 is 1.79 bits per heavy atom. The largest absolute Gasteiger partial charge is 0.478 e. The molecule has 0 fully saturated rings. The Balaban J connectivity index is 2.17. The van der Waals surface area contributed by atoms with Crippen molar-refractivity contribution in [2.24, 2.45) is 0 Å². The van der Waals surface area contributed by atoms with Gasteiger partial charge in [0.25, 0.3) is 0 Å². The number of rotatable bonds is 4. The maximum Gasteiger partial charge on any atom is 0.335 e. The molecule has 0 atom stereocenters. The van der Waals surface area contributed by atoms with E-state index in [1.807, 2.05) is 6.07 Å². The zero-order valence-corrected chi connectivity index (χ0v) is 12.1. The molecule has 0 saturated heterocycles. The smallest absolute Gasteiger partial charge is 0.335 e. The van der Waals surface area contributed by atoms with Crippen molar-refractivity contribution in [3.8, 4) is 6.07 Å². The SMILES string of the molecule is N#Cc1ccc(NC(=O)Nc2cc(C(=O)O)cc(C(=O)O)c2)cc1. The fraction of sp³-hybridized carbons (Fsp3) is 0. The number of anilines is 2. The summed E-state index contributed by atoms with van der Waals surface area (Å²) < 4.78 is 0. The summed E-state index contributed by atoms with van der Waals surface area (Å²) in [4.78, 5) is 34.0. The van der Waals surface area contributed by atoms with Crippen molar-refractivity contribution >= 4 is 29.3 Å². The lowest BCUT2D eigenvalue weighted by atomic mass is 10.1. The van der Waals surface area contributed by atoms with Crippen molar-refractivity contribution < 1.29 is 24.6 Å². The number of carbonyl (C=O) groups is 3. The van der Waals surface area contributed by atoms with Gasteiger partial charge in [0, 0.05) is 11.4 Å². The van der Waals surface area contributed by atoms with Crippen LogP contribution in [0.1, 0.15) is 26.3 Å². The second-order valence-electron chi connectivity index (χ2n) is 4.68. The first-order valence-electron chi connectivity index (χ1n) is 6.59. The standard InChI is InChI=1S/C16H11N3O5/c17-8-9-1-3-12(4-2-9)18-16(24)19-13-6-10(14(20)21)5-11(7-13)15(22)23/h1-7H,(H,20,21)(H,22,23)(H2,18,19,24). The summed E-state index contributed by atoms with van der Waals surface area (Å²) in [7, 11) is 0. The van der Waals surface area contributed by atoms with Crippen molar-refractivity contribution in [1.29, 1.82) is 5.26 Å². The molecule has 2 aromatic rings. The number of carbonyl (C=O) groups excluding carboxylic acids is 1. The lowest BCUT2D eigenvalue weighted by molar-refractivity contribution is 0.0696. The van der Waals surface area contributed by atoms with Crippen molar-refractivity contribution in [3.05, 3.63) is 59.2 Å². The highest BCUT2D eigenvalue weighted by atomic mass is 16.4. The third kappa shape index (κ3) is 4.08. The van der Waals surface area contributed by atoms with Gasteiger partial charge in [-0.1, -0.05) is 0 Å². The first-order valence-corrected chi connectivity index (χ1v) is 6.59. The molecule has 2 aromatic carbocycles. The molecule has 0 bridgehead atoms. The van der Waals surface area contributed by atoms with Gasteiger partial charge in [-0.05, 0) is 42.5 Å². The Labute approximate surface area is 136 Å². The van der Waals surface area contributed by atoms with Gasteiger partial charge in [-0.15, -0.1) is 0 Å². The summed E-state index contributed by atoms with van der Waals surface area (Å²) >= 11 is 0. The molecule has 0 aliphatic heterocycles. The normalized spacial score (nSPS) is 9.62. The van der Waals surface area contributed by atoms with Crippen LogP contribution in [0.15, 0.2) is 42.5 Å². The van der Waals surface area contributed by atoms with E-state index in [-0.39, 0.29) is 16.8 Å². The highest BCUT2D eigenvalue weighted by Crippen LogP contribution is 2.16. The second-order valence-corrected chi connectivity index (χ2v) is 4.68. The number of nitrogens with zero attached hydrogens (tertiary/aromatic N) is 1. The molecule has 0 aliphatic carbocycles. The lowest BCUT2D eigenvalue weighted by Gasteiger charge is -2.09. The molecule has 4 N–H and O–H groups in total. The van der Waals surface area contributed by atoms with Gasteiger partial charge in [-0.2, -0.15) is 5.26 Å². The molecule has 2 amide bonds. The molecule has 0 saturated carbocycles. The Morgan fingerprint density at radius 1 is 0.833 bits per heavy atom. The van der Waals surface area contributed by atoms with E-state index in [9.17, 15) is 14.4 Å². The van der Waals surface area contributed by atoms with Crippen molar-refractivity contribution in [3.63, 3.8) is 0 Å². The fourth-order valence-corrected chi connectivity index (χ4v) is 1.87. The number of carboxylic acids is 2. The topological polar surface area (TPSA) is 140 Å². The van der Waals surface area contributed by atoms with E-state index in [0.29, 0.717) is 11.3 Å². The summed E-state index contributed by atoms with van der Waals surface area (Å²) in [6, 6.07) is 10.6. The van der Waals surface area contributed by atoms with Crippen LogP contribution in [0.2, 0.25) is 0 Å². The van der Waals surface area contributed by atoms with Crippen LogP contribution < -0.4 is 10.6 Å². The van der Waals surface area contributed by atoms with Crippen LogP contribution in [0.4, 0.5) is 16.2 Å². The molecule has 0 aromatic heterocycles. The number of urea groups is 1. The van der Waals surface area contributed by atoms with Crippen LogP contribution in [0, 0.1) is 11.3 Å².